The monoisotopic (exact) mass is 341 g/mol. The van der Waals surface area contributed by atoms with Crippen LogP contribution in [0.25, 0.3) is 10.2 Å². The quantitative estimate of drug-likeness (QED) is 0.906. The van der Waals surface area contributed by atoms with Crippen LogP contribution in [0.5, 0.6) is 0 Å². The minimum absolute atomic E-state index is 0.0878. The van der Waals surface area contributed by atoms with Crippen LogP contribution in [-0.2, 0) is 14.8 Å². The van der Waals surface area contributed by atoms with Gasteiger partial charge in [0.1, 0.15) is 0 Å². The third-order valence-corrected chi connectivity index (χ3v) is 5.72. The molecule has 1 aromatic heterocycles. The second-order valence-corrected chi connectivity index (χ2v) is 8.76. The maximum Gasteiger partial charge on any atom is 0.242 e. The zero-order valence-corrected chi connectivity index (χ0v) is 14.6. The molecule has 0 aliphatic carbocycles. The van der Waals surface area contributed by atoms with Crippen LogP contribution in [0.4, 0.5) is 5.13 Å². The van der Waals surface area contributed by atoms with Crippen molar-refractivity contribution in [3.8, 4) is 0 Å². The number of hydrogen-bond donors (Lipinski definition) is 1. The summed E-state index contributed by atoms with van der Waals surface area (Å²) in [4.78, 5) is 16.3. The van der Waals surface area contributed by atoms with E-state index < -0.39 is 10.0 Å². The van der Waals surface area contributed by atoms with Gasteiger partial charge in [-0.15, -0.1) is 0 Å². The smallest absolute Gasteiger partial charge is 0.242 e. The first-order chi connectivity index (χ1) is 10.2. The van der Waals surface area contributed by atoms with E-state index in [-0.39, 0.29) is 16.7 Å². The molecule has 1 heterocycles. The predicted molar refractivity (Wildman–Crippen MR) is 88.6 cm³/mol. The topological polar surface area (TPSA) is 79.4 Å². The first-order valence-corrected chi connectivity index (χ1v) is 9.09. The summed E-state index contributed by atoms with van der Waals surface area (Å²) in [5, 5.41) is 3.24. The van der Waals surface area contributed by atoms with E-state index in [0.717, 1.165) is 4.70 Å². The molecule has 1 amide bonds. The largest absolute Gasteiger partial charge is 0.302 e. The van der Waals surface area contributed by atoms with Gasteiger partial charge in [-0.05, 0) is 24.1 Å². The fourth-order valence-corrected chi connectivity index (χ4v) is 3.80. The number of thiazole rings is 1. The van der Waals surface area contributed by atoms with Gasteiger partial charge in [0.25, 0.3) is 0 Å². The average Bonchev–Trinajstić information content (AvgIpc) is 2.78. The zero-order chi connectivity index (χ0) is 16.5. The summed E-state index contributed by atoms with van der Waals surface area (Å²) < 4.78 is 26.1. The zero-order valence-electron chi connectivity index (χ0n) is 13.0. The lowest BCUT2D eigenvalue weighted by Crippen LogP contribution is -2.22. The van der Waals surface area contributed by atoms with Crippen LogP contribution in [0, 0.1) is 5.92 Å². The summed E-state index contributed by atoms with van der Waals surface area (Å²) in [5.74, 6) is 0.182. The molecule has 1 aromatic carbocycles. The van der Waals surface area contributed by atoms with E-state index >= 15 is 0 Å². The molecule has 0 saturated carbocycles. The van der Waals surface area contributed by atoms with Gasteiger partial charge in [-0.1, -0.05) is 25.2 Å². The number of carbonyl (C=O) groups excluding carboxylic acids is 1. The van der Waals surface area contributed by atoms with Crippen molar-refractivity contribution >= 4 is 42.6 Å². The average molecular weight is 341 g/mol. The van der Waals surface area contributed by atoms with E-state index in [1.807, 2.05) is 13.8 Å². The van der Waals surface area contributed by atoms with Crippen LogP contribution in [0.2, 0.25) is 0 Å². The Bertz CT molecular complexity index is 795. The minimum Gasteiger partial charge on any atom is -0.302 e. The molecule has 0 atom stereocenters. The summed E-state index contributed by atoms with van der Waals surface area (Å²) in [6, 6.07) is 4.76. The third kappa shape index (κ3) is 3.63. The second-order valence-electron chi connectivity index (χ2n) is 5.58. The highest BCUT2D eigenvalue weighted by Gasteiger charge is 2.18. The van der Waals surface area contributed by atoms with Crippen molar-refractivity contribution in [2.45, 2.75) is 25.2 Å². The van der Waals surface area contributed by atoms with Crippen LogP contribution in [0.3, 0.4) is 0 Å². The molecule has 22 heavy (non-hydrogen) atoms. The molecule has 0 unspecified atom stereocenters. The van der Waals surface area contributed by atoms with Gasteiger partial charge in [0.2, 0.25) is 15.9 Å². The second kappa shape index (κ2) is 6.31. The molecule has 0 saturated heterocycles. The van der Waals surface area contributed by atoms with Gasteiger partial charge < -0.3 is 5.32 Å². The lowest BCUT2D eigenvalue weighted by atomic mass is 10.1. The molecular formula is C14H19N3O3S2. The van der Waals surface area contributed by atoms with Crippen LogP contribution in [0.1, 0.15) is 20.3 Å². The molecule has 0 spiro atoms. The summed E-state index contributed by atoms with van der Waals surface area (Å²) >= 11 is 1.27. The number of aromatic nitrogens is 1. The van der Waals surface area contributed by atoms with Crippen molar-refractivity contribution in [1.82, 2.24) is 9.29 Å². The lowest BCUT2D eigenvalue weighted by molar-refractivity contribution is -0.116. The normalized spacial score (nSPS) is 12.3. The van der Waals surface area contributed by atoms with Crippen molar-refractivity contribution in [2.24, 2.45) is 5.92 Å². The van der Waals surface area contributed by atoms with Gasteiger partial charge in [0, 0.05) is 20.5 Å². The van der Waals surface area contributed by atoms with Gasteiger partial charge in [-0.25, -0.2) is 17.7 Å². The highest BCUT2D eigenvalue weighted by molar-refractivity contribution is 7.89. The molecule has 8 heteroatoms. The fraction of sp³-hybridized carbons (Fsp3) is 0.429. The maximum absolute atomic E-state index is 12.1. The number of nitrogens with zero attached hydrogens (tertiary/aromatic N) is 2. The van der Waals surface area contributed by atoms with Gasteiger partial charge in [-0.2, -0.15) is 0 Å². The van der Waals surface area contributed by atoms with Crippen LogP contribution in [-0.4, -0.2) is 37.7 Å². The summed E-state index contributed by atoms with van der Waals surface area (Å²) in [5.41, 5.74) is 0.669. The Labute approximate surface area is 134 Å². The van der Waals surface area contributed by atoms with Crippen LogP contribution >= 0.6 is 11.3 Å². The number of anilines is 1. The number of sulfonamides is 1. The van der Waals surface area contributed by atoms with Gasteiger partial charge in [0.05, 0.1) is 15.1 Å². The van der Waals surface area contributed by atoms with E-state index in [4.69, 9.17) is 0 Å². The Balaban J connectivity index is 2.30. The molecule has 0 bridgehead atoms. The number of fused-ring (bicyclic) bond motifs is 1. The predicted octanol–water partition coefficient (Wildman–Crippen LogP) is 2.53. The molecular weight excluding hydrogens is 322 g/mol. The number of benzene rings is 1. The Hall–Kier alpha value is -1.51. The maximum atomic E-state index is 12.1. The van der Waals surface area contributed by atoms with E-state index in [2.05, 4.69) is 10.3 Å². The van der Waals surface area contributed by atoms with E-state index in [0.29, 0.717) is 17.1 Å². The molecule has 0 fully saturated rings. The van der Waals surface area contributed by atoms with Crippen molar-refractivity contribution in [3.63, 3.8) is 0 Å². The van der Waals surface area contributed by atoms with Crippen LogP contribution < -0.4 is 5.32 Å². The summed E-state index contributed by atoms with van der Waals surface area (Å²) in [7, 11) is -0.493. The summed E-state index contributed by atoms with van der Waals surface area (Å²) in [6.07, 6.45) is 0.427. The number of hydrogen-bond acceptors (Lipinski definition) is 5. The minimum atomic E-state index is -3.47. The first kappa shape index (κ1) is 16.9. The highest BCUT2D eigenvalue weighted by Crippen LogP contribution is 2.29. The standard InChI is InChI=1S/C14H19N3O3S2/c1-9(2)7-13(18)16-14-15-11-6-5-10(8-12(11)21-14)22(19,20)17(3)4/h5-6,8-9H,7H2,1-4H3,(H,15,16,18). The van der Waals surface area contributed by atoms with Crippen molar-refractivity contribution in [3.05, 3.63) is 18.2 Å². The summed E-state index contributed by atoms with van der Waals surface area (Å²) in [6.45, 7) is 3.94. The number of nitrogens with one attached hydrogen (secondary N) is 1. The number of carbonyl (C=O) groups is 1. The Kier molecular flexibility index (Phi) is 4.84. The fourth-order valence-electron chi connectivity index (χ4n) is 1.87. The van der Waals surface area contributed by atoms with Crippen molar-refractivity contribution in [1.29, 1.82) is 0 Å². The molecule has 0 aliphatic rings. The highest BCUT2D eigenvalue weighted by atomic mass is 32.2. The molecule has 1 N–H and O–H groups in total. The molecule has 0 radical (unpaired) electrons. The number of rotatable bonds is 5. The molecule has 6 nitrogen and oxygen atoms in total. The van der Waals surface area contributed by atoms with E-state index in [1.54, 1.807) is 12.1 Å². The molecule has 0 aliphatic heterocycles. The third-order valence-electron chi connectivity index (χ3n) is 2.98. The van der Waals surface area contributed by atoms with Crippen LogP contribution in [0.15, 0.2) is 23.1 Å². The van der Waals surface area contributed by atoms with E-state index in [1.165, 1.54) is 35.8 Å². The van der Waals surface area contributed by atoms with Crippen molar-refractivity contribution < 1.29 is 13.2 Å². The molecule has 2 rings (SSSR count). The van der Waals surface area contributed by atoms with Gasteiger partial charge >= 0.3 is 0 Å². The Morgan fingerprint density at radius 3 is 2.64 bits per heavy atom. The molecule has 2 aromatic rings. The Morgan fingerprint density at radius 1 is 1.36 bits per heavy atom. The lowest BCUT2D eigenvalue weighted by Gasteiger charge is -2.10. The number of amides is 1. The Morgan fingerprint density at radius 2 is 2.05 bits per heavy atom. The van der Waals surface area contributed by atoms with Crippen molar-refractivity contribution in [2.75, 3.05) is 19.4 Å². The molecule has 120 valence electrons. The van der Waals surface area contributed by atoms with Gasteiger partial charge in [0.15, 0.2) is 5.13 Å². The van der Waals surface area contributed by atoms with E-state index in [9.17, 15) is 13.2 Å². The SMILES string of the molecule is CC(C)CC(=O)Nc1nc2ccc(S(=O)(=O)N(C)C)cc2s1. The first-order valence-electron chi connectivity index (χ1n) is 6.83. The van der Waals surface area contributed by atoms with Gasteiger partial charge in [-0.3, -0.25) is 4.79 Å².